The van der Waals surface area contributed by atoms with Gasteiger partial charge >= 0.3 is 0 Å². The fourth-order valence-electron chi connectivity index (χ4n) is 3.97. The second-order valence-corrected chi connectivity index (χ2v) is 12.2. The van der Waals surface area contributed by atoms with E-state index in [-0.39, 0.29) is 6.61 Å². The number of sulfone groups is 1. The van der Waals surface area contributed by atoms with Crippen LogP contribution < -0.4 is 4.74 Å². The van der Waals surface area contributed by atoms with Gasteiger partial charge in [0.25, 0.3) is 0 Å². The van der Waals surface area contributed by atoms with E-state index in [1.165, 1.54) is 6.26 Å². The molecule has 0 unspecified atom stereocenters. The molecule has 9 heteroatoms. The molecule has 5 rings (SSSR count). The molecule has 0 bridgehead atoms. The highest BCUT2D eigenvalue weighted by Crippen LogP contribution is 2.37. The van der Waals surface area contributed by atoms with E-state index in [1.54, 1.807) is 29.5 Å². The highest BCUT2D eigenvalue weighted by atomic mass is 35.5. The summed E-state index contributed by atoms with van der Waals surface area (Å²) in [6.07, 6.45) is 1.21. The highest BCUT2D eigenvalue weighted by molar-refractivity contribution is 7.90. The Hall–Kier alpha value is -3.46. The van der Waals surface area contributed by atoms with Crippen LogP contribution in [0.2, 0.25) is 5.02 Å². The zero-order chi connectivity index (χ0) is 26.2. The van der Waals surface area contributed by atoms with Crippen LogP contribution in [0.4, 0.5) is 0 Å². The molecule has 0 N–H and O–H groups in total. The summed E-state index contributed by atoms with van der Waals surface area (Å²) in [6.45, 7) is 4.13. The summed E-state index contributed by atoms with van der Waals surface area (Å²) >= 11 is 8.10. The van der Waals surface area contributed by atoms with Crippen molar-refractivity contribution in [2.45, 2.75) is 25.3 Å². The minimum atomic E-state index is -3.30. The average molecular weight is 550 g/mol. The van der Waals surface area contributed by atoms with E-state index in [0.717, 1.165) is 43.8 Å². The number of pyridine rings is 1. The molecule has 3 heterocycles. The third-order valence-electron chi connectivity index (χ3n) is 5.80. The summed E-state index contributed by atoms with van der Waals surface area (Å²) in [5.74, 6) is 0.712. The third kappa shape index (κ3) is 5.46. The van der Waals surface area contributed by atoms with Crippen LogP contribution >= 0.6 is 22.9 Å². The molecule has 0 atom stereocenters. The van der Waals surface area contributed by atoms with Gasteiger partial charge in [0, 0.05) is 16.8 Å². The predicted octanol–water partition coefficient (Wildman–Crippen LogP) is 6.92. The largest absolute Gasteiger partial charge is 0.485 e. The number of benzene rings is 2. The predicted molar refractivity (Wildman–Crippen MR) is 148 cm³/mol. The third-order valence-corrected chi connectivity index (χ3v) is 8.38. The second kappa shape index (κ2) is 10.1. The number of para-hydroxylation sites is 1. The maximum atomic E-state index is 12.0. The van der Waals surface area contributed by atoms with Gasteiger partial charge in [-0.2, -0.15) is 5.10 Å². The van der Waals surface area contributed by atoms with E-state index in [1.807, 2.05) is 79.2 Å². The van der Waals surface area contributed by atoms with Gasteiger partial charge in [-0.25, -0.2) is 13.1 Å². The Labute approximate surface area is 225 Å². The van der Waals surface area contributed by atoms with Crippen LogP contribution in [0, 0.1) is 13.8 Å². The molecule has 0 saturated heterocycles. The van der Waals surface area contributed by atoms with Crippen LogP contribution in [0.5, 0.6) is 5.75 Å². The Morgan fingerprint density at radius 1 is 0.946 bits per heavy atom. The van der Waals surface area contributed by atoms with E-state index < -0.39 is 9.84 Å². The quantitative estimate of drug-likeness (QED) is 0.220. The van der Waals surface area contributed by atoms with Crippen LogP contribution in [-0.2, 0) is 16.4 Å². The minimum Gasteiger partial charge on any atom is -0.485 e. The molecule has 0 aliphatic heterocycles. The Morgan fingerprint density at radius 2 is 1.73 bits per heavy atom. The molecule has 5 aromatic rings. The molecule has 188 valence electrons. The number of hydrogen-bond acceptors (Lipinski definition) is 6. The summed E-state index contributed by atoms with van der Waals surface area (Å²) in [5.41, 5.74) is 4.96. The van der Waals surface area contributed by atoms with Gasteiger partial charge in [-0.05, 0) is 74.0 Å². The van der Waals surface area contributed by atoms with Crippen molar-refractivity contribution >= 4 is 32.8 Å². The van der Waals surface area contributed by atoms with Crippen LogP contribution in [0.25, 0.3) is 26.7 Å². The first-order valence-corrected chi connectivity index (χ1v) is 14.6. The lowest BCUT2D eigenvalue weighted by atomic mass is 10.2. The lowest BCUT2D eigenvalue weighted by molar-refractivity contribution is 0.297. The van der Waals surface area contributed by atoms with Crippen LogP contribution in [0.1, 0.15) is 17.1 Å². The summed E-state index contributed by atoms with van der Waals surface area (Å²) in [6, 6.07) is 24.3. The smallest absolute Gasteiger partial charge is 0.175 e. The molecule has 0 aliphatic rings. The Morgan fingerprint density at radius 3 is 2.49 bits per heavy atom. The van der Waals surface area contributed by atoms with Crippen molar-refractivity contribution in [3.8, 4) is 32.4 Å². The fourth-order valence-corrected chi connectivity index (χ4v) is 5.86. The normalized spacial score (nSPS) is 11.6. The van der Waals surface area contributed by atoms with E-state index in [9.17, 15) is 8.42 Å². The van der Waals surface area contributed by atoms with Crippen molar-refractivity contribution in [2.24, 2.45) is 0 Å². The SMILES string of the molecule is Cc1ccc(OCc2cc(-c3ccc(-c4cccc(S(C)(=O)=O)c4)s3)n(-c3ccccc3Cl)n2)c(C)n1. The summed E-state index contributed by atoms with van der Waals surface area (Å²) in [7, 11) is -3.30. The molecule has 0 saturated carbocycles. The molecule has 6 nitrogen and oxygen atoms in total. The van der Waals surface area contributed by atoms with Gasteiger partial charge in [0.1, 0.15) is 18.1 Å². The monoisotopic (exact) mass is 549 g/mol. The van der Waals surface area contributed by atoms with Crippen molar-refractivity contribution in [1.82, 2.24) is 14.8 Å². The number of hydrogen-bond donors (Lipinski definition) is 0. The van der Waals surface area contributed by atoms with Gasteiger partial charge in [-0.15, -0.1) is 11.3 Å². The molecular weight excluding hydrogens is 526 g/mol. The number of ether oxygens (including phenoxy) is 1. The van der Waals surface area contributed by atoms with Gasteiger partial charge in [-0.1, -0.05) is 35.9 Å². The first kappa shape index (κ1) is 25.2. The fraction of sp³-hybridized carbons (Fsp3) is 0.143. The van der Waals surface area contributed by atoms with Crippen LogP contribution in [0.3, 0.4) is 0 Å². The number of rotatable bonds is 7. The minimum absolute atomic E-state index is 0.269. The zero-order valence-electron chi connectivity index (χ0n) is 20.5. The van der Waals surface area contributed by atoms with Crippen molar-refractivity contribution in [3.05, 3.63) is 101 Å². The van der Waals surface area contributed by atoms with Crippen molar-refractivity contribution < 1.29 is 13.2 Å². The van der Waals surface area contributed by atoms with Gasteiger partial charge < -0.3 is 4.74 Å². The first-order chi connectivity index (χ1) is 17.7. The summed E-state index contributed by atoms with van der Waals surface area (Å²) in [5, 5.41) is 5.40. The molecular formula is C28H24ClN3O3S2. The van der Waals surface area contributed by atoms with Gasteiger partial charge in [-0.3, -0.25) is 4.98 Å². The molecule has 0 radical (unpaired) electrons. The van der Waals surface area contributed by atoms with E-state index >= 15 is 0 Å². The van der Waals surface area contributed by atoms with Crippen molar-refractivity contribution in [3.63, 3.8) is 0 Å². The van der Waals surface area contributed by atoms with E-state index in [2.05, 4.69) is 4.98 Å². The zero-order valence-corrected chi connectivity index (χ0v) is 22.9. The Bertz CT molecular complexity index is 1710. The lowest BCUT2D eigenvalue weighted by Crippen LogP contribution is -2.02. The van der Waals surface area contributed by atoms with Gasteiger partial charge in [0.05, 0.1) is 31.9 Å². The van der Waals surface area contributed by atoms with Crippen LogP contribution in [0.15, 0.2) is 83.8 Å². The first-order valence-electron chi connectivity index (χ1n) is 11.5. The van der Waals surface area contributed by atoms with E-state index in [4.69, 9.17) is 21.4 Å². The number of nitrogens with zero attached hydrogens (tertiary/aromatic N) is 3. The van der Waals surface area contributed by atoms with Crippen LogP contribution in [-0.4, -0.2) is 29.4 Å². The van der Waals surface area contributed by atoms with Gasteiger partial charge in [0.15, 0.2) is 9.84 Å². The molecule has 0 fully saturated rings. The summed E-state index contributed by atoms with van der Waals surface area (Å²) < 4.78 is 32.0. The van der Waals surface area contributed by atoms with E-state index in [0.29, 0.717) is 15.7 Å². The lowest BCUT2D eigenvalue weighted by Gasteiger charge is -2.08. The average Bonchev–Trinajstić information content (AvgIpc) is 3.51. The number of aromatic nitrogens is 3. The topological polar surface area (TPSA) is 74.1 Å². The molecule has 0 amide bonds. The molecule has 37 heavy (non-hydrogen) atoms. The maximum Gasteiger partial charge on any atom is 0.175 e. The Balaban J connectivity index is 1.52. The molecule has 2 aromatic carbocycles. The van der Waals surface area contributed by atoms with Crippen molar-refractivity contribution in [2.75, 3.05) is 6.26 Å². The standard InChI is InChI=1S/C28H24ClN3O3S2/c1-18-11-12-26(19(2)30-18)35-17-21-16-25(32(31-21)24-10-5-4-9-23(24)29)28-14-13-27(36-28)20-7-6-8-22(15-20)37(3,33)34/h4-16H,17H2,1-3H3. The summed E-state index contributed by atoms with van der Waals surface area (Å²) in [4.78, 5) is 6.67. The molecule has 3 aromatic heterocycles. The molecule has 0 aliphatic carbocycles. The Kier molecular flexibility index (Phi) is 6.90. The second-order valence-electron chi connectivity index (χ2n) is 8.67. The number of thiophene rings is 1. The van der Waals surface area contributed by atoms with Gasteiger partial charge in [0.2, 0.25) is 0 Å². The highest BCUT2D eigenvalue weighted by Gasteiger charge is 2.17. The number of aryl methyl sites for hydroxylation is 2. The maximum absolute atomic E-state index is 12.0. The van der Waals surface area contributed by atoms with Crippen molar-refractivity contribution in [1.29, 1.82) is 0 Å². The molecule has 0 spiro atoms. The number of halogens is 1.